The minimum absolute atomic E-state index is 0.0368. The molecule has 0 saturated heterocycles. The van der Waals surface area contributed by atoms with Crippen LogP contribution in [-0.2, 0) is 10.0 Å². The topological polar surface area (TPSA) is 119 Å². The van der Waals surface area contributed by atoms with Crippen LogP contribution in [0.3, 0.4) is 0 Å². The monoisotopic (exact) mass is 288 g/mol. The van der Waals surface area contributed by atoms with Crippen molar-refractivity contribution < 1.29 is 23.4 Å². The molecule has 1 aliphatic carbocycles. The van der Waals surface area contributed by atoms with E-state index in [0.717, 1.165) is 25.1 Å². The Bertz CT molecular complexity index is 574. The van der Waals surface area contributed by atoms with Gasteiger partial charge in [-0.05, 0) is 30.7 Å². The molecule has 0 aromatic carbocycles. The van der Waals surface area contributed by atoms with E-state index in [2.05, 4.69) is 9.71 Å². The number of H-pyrrole nitrogens is 1. The zero-order valence-electron chi connectivity index (χ0n) is 10.2. The summed E-state index contributed by atoms with van der Waals surface area (Å²) in [5, 5.41) is 17.6. The second-order valence-corrected chi connectivity index (χ2v) is 6.62. The van der Waals surface area contributed by atoms with E-state index in [-0.39, 0.29) is 29.2 Å². The maximum atomic E-state index is 12.0. The molecule has 1 aromatic heterocycles. The third kappa shape index (κ3) is 3.14. The van der Waals surface area contributed by atoms with Crippen LogP contribution in [0.15, 0.2) is 17.2 Å². The second kappa shape index (κ2) is 4.95. The van der Waals surface area contributed by atoms with Crippen LogP contribution in [0, 0.1) is 5.41 Å². The lowest BCUT2D eigenvalue weighted by atomic mass is 10.0. The first kappa shape index (κ1) is 14.0. The molecule has 8 heteroatoms. The number of aliphatic hydroxyl groups excluding tert-OH is 1. The summed E-state index contributed by atoms with van der Waals surface area (Å²) in [7, 11) is -3.71. The van der Waals surface area contributed by atoms with Crippen LogP contribution >= 0.6 is 0 Å². The van der Waals surface area contributed by atoms with Crippen molar-refractivity contribution in [2.75, 3.05) is 13.2 Å². The maximum absolute atomic E-state index is 12.0. The van der Waals surface area contributed by atoms with E-state index >= 15 is 0 Å². The molecule has 0 spiro atoms. The predicted octanol–water partition coefficient (Wildman–Crippen LogP) is 0.154. The summed E-state index contributed by atoms with van der Waals surface area (Å²) in [6.07, 6.45) is 3.51. The van der Waals surface area contributed by atoms with Crippen LogP contribution < -0.4 is 4.72 Å². The number of carboxylic acids is 1. The highest BCUT2D eigenvalue weighted by atomic mass is 32.2. The largest absolute Gasteiger partial charge is 0.477 e. The number of aliphatic hydroxyl groups is 1. The lowest BCUT2D eigenvalue weighted by Crippen LogP contribution is -2.30. The first-order chi connectivity index (χ1) is 8.88. The van der Waals surface area contributed by atoms with Gasteiger partial charge in [0.15, 0.2) is 0 Å². The first-order valence-electron chi connectivity index (χ1n) is 5.91. The highest BCUT2D eigenvalue weighted by Gasteiger charge is 2.42. The molecule has 4 N–H and O–H groups in total. The van der Waals surface area contributed by atoms with Gasteiger partial charge in [-0.15, -0.1) is 0 Å². The SMILES string of the molecule is O=C(O)c1cc(S(=O)(=O)NCC2(CCO)CC2)c[nH]1. The Morgan fingerprint density at radius 2 is 2.16 bits per heavy atom. The fourth-order valence-corrected chi connectivity index (χ4v) is 3.06. The van der Waals surface area contributed by atoms with Crippen molar-refractivity contribution in [1.82, 2.24) is 9.71 Å². The molecule has 19 heavy (non-hydrogen) atoms. The van der Waals surface area contributed by atoms with Crippen LogP contribution in [-0.4, -0.2) is 42.7 Å². The Balaban J connectivity index is 2.03. The van der Waals surface area contributed by atoms with Gasteiger partial charge >= 0.3 is 5.97 Å². The number of nitrogens with one attached hydrogen (secondary N) is 2. The molecule has 0 amide bonds. The number of carboxylic acid groups (broad SMARTS) is 1. The van der Waals surface area contributed by atoms with E-state index < -0.39 is 16.0 Å². The van der Waals surface area contributed by atoms with Crippen molar-refractivity contribution in [2.24, 2.45) is 5.41 Å². The smallest absolute Gasteiger partial charge is 0.352 e. The summed E-state index contributed by atoms with van der Waals surface area (Å²) in [5.74, 6) is -1.21. The fourth-order valence-electron chi connectivity index (χ4n) is 1.91. The highest BCUT2D eigenvalue weighted by molar-refractivity contribution is 7.89. The molecule has 7 nitrogen and oxygen atoms in total. The number of carbonyl (C=O) groups is 1. The molecule has 1 saturated carbocycles. The van der Waals surface area contributed by atoms with Crippen molar-refractivity contribution in [3.63, 3.8) is 0 Å². The molecule has 0 unspecified atom stereocenters. The van der Waals surface area contributed by atoms with Gasteiger partial charge in [-0.25, -0.2) is 17.9 Å². The molecule has 1 aromatic rings. The van der Waals surface area contributed by atoms with Crippen LogP contribution in [0.5, 0.6) is 0 Å². The molecule has 1 aliphatic rings. The van der Waals surface area contributed by atoms with Gasteiger partial charge in [0.2, 0.25) is 10.0 Å². The van der Waals surface area contributed by atoms with E-state index in [1.54, 1.807) is 0 Å². The minimum atomic E-state index is -3.71. The Labute approximate surface area is 110 Å². The lowest BCUT2D eigenvalue weighted by Gasteiger charge is -2.14. The molecular formula is C11H16N2O5S. The van der Waals surface area contributed by atoms with Crippen LogP contribution in [0.1, 0.15) is 29.8 Å². The van der Waals surface area contributed by atoms with Crippen molar-refractivity contribution in [2.45, 2.75) is 24.2 Å². The molecule has 1 fully saturated rings. The highest BCUT2D eigenvalue weighted by Crippen LogP contribution is 2.48. The average Bonchev–Trinajstić information content (AvgIpc) is 2.92. The van der Waals surface area contributed by atoms with E-state index in [0.29, 0.717) is 6.42 Å². The molecule has 0 radical (unpaired) electrons. The molecule has 2 rings (SSSR count). The normalized spacial score (nSPS) is 17.3. The summed E-state index contributed by atoms with van der Waals surface area (Å²) >= 11 is 0. The third-order valence-electron chi connectivity index (χ3n) is 3.43. The minimum Gasteiger partial charge on any atom is -0.477 e. The van der Waals surface area contributed by atoms with Crippen molar-refractivity contribution in [1.29, 1.82) is 0 Å². The van der Waals surface area contributed by atoms with Crippen molar-refractivity contribution in [3.8, 4) is 0 Å². The molecule has 106 valence electrons. The Morgan fingerprint density at radius 3 is 2.63 bits per heavy atom. The second-order valence-electron chi connectivity index (χ2n) is 4.85. The number of aromatic amines is 1. The van der Waals surface area contributed by atoms with E-state index in [9.17, 15) is 13.2 Å². The van der Waals surface area contributed by atoms with Crippen molar-refractivity contribution in [3.05, 3.63) is 18.0 Å². The zero-order chi connectivity index (χ0) is 14.1. The molecular weight excluding hydrogens is 272 g/mol. The van der Waals surface area contributed by atoms with Gasteiger partial charge in [-0.3, -0.25) is 0 Å². The van der Waals surface area contributed by atoms with E-state index in [1.165, 1.54) is 0 Å². The zero-order valence-corrected chi connectivity index (χ0v) is 11.0. The summed E-state index contributed by atoms with van der Waals surface area (Å²) in [5.41, 5.74) is -0.301. The first-order valence-corrected chi connectivity index (χ1v) is 7.39. The van der Waals surface area contributed by atoms with Gasteiger partial charge in [-0.1, -0.05) is 0 Å². The maximum Gasteiger partial charge on any atom is 0.352 e. The third-order valence-corrected chi connectivity index (χ3v) is 4.81. The number of hydrogen-bond acceptors (Lipinski definition) is 4. The van der Waals surface area contributed by atoms with Crippen LogP contribution in [0.25, 0.3) is 0 Å². The summed E-state index contributed by atoms with van der Waals surface area (Å²) in [6.45, 7) is 0.304. The van der Waals surface area contributed by atoms with Gasteiger partial charge in [0.05, 0.1) is 0 Å². The van der Waals surface area contributed by atoms with Crippen molar-refractivity contribution >= 4 is 16.0 Å². The Kier molecular flexibility index (Phi) is 3.66. The quantitative estimate of drug-likeness (QED) is 0.569. The summed E-state index contributed by atoms with van der Waals surface area (Å²) < 4.78 is 26.4. The number of rotatable bonds is 7. The van der Waals surface area contributed by atoms with Gasteiger partial charge in [0.25, 0.3) is 0 Å². The number of aromatic carboxylic acids is 1. The van der Waals surface area contributed by atoms with E-state index in [4.69, 9.17) is 10.2 Å². The fraction of sp³-hybridized carbons (Fsp3) is 0.545. The average molecular weight is 288 g/mol. The Morgan fingerprint density at radius 1 is 1.47 bits per heavy atom. The van der Waals surface area contributed by atoms with Gasteiger partial charge in [0.1, 0.15) is 10.6 Å². The number of hydrogen-bond donors (Lipinski definition) is 4. The van der Waals surface area contributed by atoms with Gasteiger partial charge in [-0.2, -0.15) is 0 Å². The molecule has 0 bridgehead atoms. The Hall–Kier alpha value is -1.38. The van der Waals surface area contributed by atoms with E-state index in [1.807, 2.05) is 0 Å². The molecule has 0 aliphatic heterocycles. The summed E-state index contributed by atoms with van der Waals surface area (Å²) in [6, 6.07) is 1.08. The molecule has 1 heterocycles. The van der Waals surface area contributed by atoms with Gasteiger partial charge < -0.3 is 15.2 Å². The van der Waals surface area contributed by atoms with Crippen LogP contribution in [0.2, 0.25) is 0 Å². The number of sulfonamides is 1. The van der Waals surface area contributed by atoms with Gasteiger partial charge in [0, 0.05) is 19.3 Å². The lowest BCUT2D eigenvalue weighted by molar-refractivity contribution is 0.0691. The molecule has 0 atom stereocenters. The number of aromatic nitrogens is 1. The standard InChI is InChI=1S/C11H16N2O5S/c14-4-3-11(1-2-11)7-13-19(17,18)8-5-9(10(15)16)12-6-8/h5-6,12-14H,1-4,7H2,(H,15,16). The summed E-state index contributed by atoms with van der Waals surface area (Å²) in [4.78, 5) is 13.0. The predicted molar refractivity (Wildman–Crippen MR) is 66.3 cm³/mol. The van der Waals surface area contributed by atoms with Crippen LogP contribution in [0.4, 0.5) is 0 Å².